The van der Waals surface area contributed by atoms with Gasteiger partial charge in [-0.2, -0.15) is 0 Å². The number of hydrogen-bond acceptors (Lipinski definition) is 6. The highest BCUT2D eigenvalue weighted by molar-refractivity contribution is 5.71. The number of carbonyl (C=O) groups excluding carboxylic acids is 3. The normalized spacial score (nSPS) is 13.2. The second kappa shape index (κ2) is 59.8. The van der Waals surface area contributed by atoms with E-state index in [2.05, 4.69) is 167 Å². The van der Waals surface area contributed by atoms with Gasteiger partial charge in [0.25, 0.3) is 0 Å². The number of allylic oxidation sites excluding steroid dienone is 24. The molecule has 0 fully saturated rings. The van der Waals surface area contributed by atoms with Gasteiger partial charge in [-0.25, -0.2) is 0 Å². The van der Waals surface area contributed by atoms with Crippen molar-refractivity contribution in [1.82, 2.24) is 0 Å². The molecule has 0 spiro atoms. The summed E-state index contributed by atoms with van der Waals surface area (Å²) in [6, 6.07) is 0. The first-order valence-corrected chi connectivity index (χ1v) is 29.3. The van der Waals surface area contributed by atoms with Gasteiger partial charge in [0.2, 0.25) is 0 Å². The predicted molar refractivity (Wildman–Crippen MR) is 315 cm³/mol. The van der Waals surface area contributed by atoms with Crippen LogP contribution in [0.1, 0.15) is 239 Å². The van der Waals surface area contributed by atoms with Crippen LogP contribution >= 0.6 is 0 Å². The van der Waals surface area contributed by atoms with Crippen molar-refractivity contribution in [2.75, 3.05) is 13.2 Å². The Morgan fingerprint density at radius 1 is 0.274 bits per heavy atom. The monoisotopic (exact) mass is 1010 g/mol. The van der Waals surface area contributed by atoms with Gasteiger partial charge in [0, 0.05) is 19.3 Å². The van der Waals surface area contributed by atoms with Gasteiger partial charge in [0.15, 0.2) is 6.10 Å². The molecule has 0 aliphatic rings. The molecule has 0 saturated heterocycles. The molecule has 1 unspecified atom stereocenters. The fraction of sp³-hybridized carbons (Fsp3) is 0.597. The van der Waals surface area contributed by atoms with Crippen LogP contribution in [0.25, 0.3) is 0 Å². The second-order valence-corrected chi connectivity index (χ2v) is 18.8. The molecule has 0 heterocycles. The summed E-state index contributed by atoms with van der Waals surface area (Å²) >= 11 is 0. The van der Waals surface area contributed by atoms with E-state index < -0.39 is 6.10 Å². The highest BCUT2D eigenvalue weighted by atomic mass is 16.6. The van der Waals surface area contributed by atoms with Crippen molar-refractivity contribution in [2.45, 2.75) is 245 Å². The van der Waals surface area contributed by atoms with Crippen LogP contribution in [-0.2, 0) is 28.6 Å². The second-order valence-electron chi connectivity index (χ2n) is 18.8. The molecule has 0 aromatic heterocycles. The third-order valence-corrected chi connectivity index (χ3v) is 11.8. The molecule has 0 saturated carbocycles. The van der Waals surface area contributed by atoms with Crippen molar-refractivity contribution in [3.05, 3.63) is 146 Å². The summed E-state index contributed by atoms with van der Waals surface area (Å²) in [6.45, 7) is 6.25. The number of carbonyl (C=O) groups is 3. The molecule has 6 heteroatoms. The Bertz CT molecular complexity index is 1630. The quantitative estimate of drug-likeness (QED) is 0.0261. The Hall–Kier alpha value is -4.71. The van der Waals surface area contributed by atoms with Crippen LogP contribution in [0.2, 0.25) is 0 Å². The number of rotatable bonds is 51. The molecule has 73 heavy (non-hydrogen) atoms. The third kappa shape index (κ3) is 58.1. The maximum Gasteiger partial charge on any atom is 0.306 e. The molecule has 0 radical (unpaired) electrons. The summed E-state index contributed by atoms with van der Waals surface area (Å²) in [7, 11) is 0. The number of ether oxygens (including phenoxy) is 3. The van der Waals surface area contributed by atoms with Crippen LogP contribution in [0.4, 0.5) is 0 Å². The van der Waals surface area contributed by atoms with Crippen molar-refractivity contribution < 1.29 is 28.6 Å². The van der Waals surface area contributed by atoms with E-state index in [0.717, 1.165) is 173 Å². The molecular formula is C67H106O6. The van der Waals surface area contributed by atoms with Crippen LogP contribution in [0.15, 0.2) is 146 Å². The minimum atomic E-state index is -0.811. The molecule has 0 aromatic carbocycles. The fourth-order valence-electron chi connectivity index (χ4n) is 7.53. The maximum atomic E-state index is 12.9. The molecule has 1 atom stereocenters. The Kier molecular flexibility index (Phi) is 56.0. The number of hydrogen-bond donors (Lipinski definition) is 0. The summed E-state index contributed by atoms with van der Waals surface area (Å²) in [5, 5.41) is 0. The molecule has 0 amide bonds. The van der Waals surface area contributed by atoms with E-state index in [1.54, 1.807) is 0 Å². The largest absolute Gasteiger partial charge is 0.462 e. The van der Waals surface area contributed by atoms with E-state index in [1.165, 1.54) is 25.7 Å². The summed E-state index contributed by atoms with van der Waals surface area (Å²) in [4.78, 5) is 38.2. The molecule has 0 bridgehead atoms. The first-order valence-electron chi connectivity index (χ1n) is 29.3. The maximum absolute atomic E-state index is 12.9. The lowest BCUT2D eigenvalue weighted by molar-refractivity contribution is -0.167. The summed E-state index contributed by atoms with van der Waals surface area (Å²) in [5.74, 6) is -0.962. The SMILES string of the molecule is CC/C=C\C/C=C\C/C=C\C/C=C\C/C=C\CCCCCCCC(=O)OCC(COC(=O)CCCCCCCCC/C=C\C/C=C\C/C=C\CC)OC(=O)CCCCCC/C=C\C/C=C\C/C=C\C/C=C\CC. The first-order chi connectivity index (χ1) is 36.0. The van der Waals surface area contributed by atoms with E-state index in [-0.39, 0.29) is 37.5 Å². The van der Waals surface area contributed by atoms with Crippen LogP contribution in [0.3, 0.4) is 0 Å². The van der Waals surface area contributed by atoms with Crippen LogP contribution < -0.4 is 0 Å². The average Bonchev–Trinajstić information content (AvgIpc) is 3.39. The lowest BCUT2D eigenvalue weighted by Gasteiger charge is -2.18. The Morgan fingerprint density at radius 2 is 0.493 bits per heavy atom. The Balaban J connectivity index is 4.51. The van der Waals surface area contributed by atoms with Crippen LogP contribution in [0, 0.1) is 0 Å². The van der Waals surface area contributed by atoms with E-state index in [9.17, 15) is 14.4 Å². The Labute approximate surface area is 448 Å². The van der Waals surface area contributed by atoms with Crippen LogP contribution in [-0.4, -0.2) is 37.2 Å². The molecule has 6 nitrogen and oxygen atoms in total. The van der Waals surface area contributed by atoms with Crippen molar-refractivity contribution in [2.24, 2.45) is 0 Å². The minimum Gasteiger partial charge on any atom is -0.462 e. The van der Waals surface area contributed by atoms with Gasteiger partial charge in [0.1, 0.15) is 13.2 Å². The van der Waals surface area contributed by atoms with E-state index in [1.807, 2.05) is 0 Å². The molecule has 0 rings (SSSR count). The zero-order valence-corrected chi connectivity index (χ0v) is 46.8. The van der Waals surface area contributed by atoms with Gasteiger partial charge in [-0.15, -0.1) is 0 Å². The molecule has 0 N–H and O–H groups in total. The van der Waals surface area contributed by atoms with Gasteiger partial charge in [-0.1, -0.05) is 231 Å². The zero-order chi connectivity index (χ0) is 52.9. The average molecular weight is 1010 g/mol. The molecule has 410 valence electrons. The van der Waals surface area contributed by atoms with Crippen molar-refractivity contribution in [1.29, 1.82) is 0 Å². The Morgan fingerprint density at radius 3 is 0.767 bits per heavy atom. The first kappa shape index (κ1) is 68.3. The minimum absolute atomic E-state index is 0.106. The molecular weight excluding hydrogens is 901 g/mol. The molecule has 0 aliphatic heterocycles. The van der Waals surface area contributed by atoms with Gasteiger partial charge in [-0.3, -0.25) is 14.4 Å². The van der Waals surface area contributed by atoms with E-state index >= 15 is 0 Å². The third-order valence-electron chi connectivity index (χ3n) is 11.8. The van der Waals surface area contributed by atoms with Gasteiger partial charge in [-0.05, 0) is 135 Å². The van der Waals surface area contributed by atoms with Gasteiger partial charge in [0.05, 0.1) is 0 Å². The lowest BCUT2D eigenvalue weighted by atomic mass is 10.1. The number of unbranched alkanes of at least 4 members (excludes halogenated alkanes) is 16. The smallest absolute Gasteiger partial charge is 0.306 e. The van der Waals surface area contributed by atoms with Gasteiger partial charge >= 0.3 is 17.9 Å². The van der Waals surface area contributed by atoms with Crippen LogP contribution in [0.5, 0.6) is 0 Å². The van der Waals surface area contributed by atoms with Crippen molar-refractivity contribution in [3.63, 3.8) is 0 Å². The van der Waals surface area contributed by atoms with Crippen molar-refractivity contribution in [3.8, 4) is 0 Å². The summed E-state index contributed by atoms with van der Waals surface area (Å²) in [5.41, 5.74) is 0. The van der Waals surface area contributed by atoms with E-state index in [0.29, 0.717) is 12.8 Å². The topological polar surface area (TPSA) is 78.9 Å². The summed E-state index contributed by atoms with van der Waals surface area (Å²) < 4.78 is 16.9. The molecule has 0 aromatic rings. The molecule has 0 aliphatic carbocycles. The lowest BCUT2D eigenvalue weighted by Crippen LogP contribution is -2.30. The summed E-state index contributed by atoms with van der Waals surface area (Å²) in [6.07, 6.45) is 85.5. The van der Waals surface area contributed by atoms with E-state index in [4.69, 9.17) is 14.2 Å². The highest BCUT2D eigenvalue weighted by Gasteiger charge is 2.19. The van der Waals surface area contributed by atoms with Gasteiger partial charge < -0.3 is 14.2 Å². The predicted octanol–water partition coefficient (Wildman–Crippen LogP) is 20.0. The zero-order valence-electron chi connectivity index (χ0n) is 46.8. The standard InChI is InChI=1S/C67H106O6/c1-4-7-10-13-16-19-22-25-28-31-32-33-34-37-39-42-45-48-51-54-57-60-66(69)72-63-64(73-67(70)61-58-55-52-49-46-43-40-36-30-27-24-21-18-15-12-9-6-3)62-71-65(68)59-56-53-50-47-44-41-38-35-29-26-23-20-17-14-11-8-5-2/h7-12,16-21,25-30,32-33,37,39-40,43,64H,4-6,13-15,22-24,31,34-36,38,41-42,44-63H2,1-3H3/b10-7-,11-8-,12-9-,19-16-,20-17-,21-18-,28-25-,29-26-,30-27-,33-32-,39-37-,43-40-. The highest BCUT2D eigenvalue weighted by Crippen LogP contribution is 2.14. The number of esters is 3. The fourth-order valence-corrected chi connectivity index (χ4v) is 7.53. The van der Waals surface area contributed by atoms with Crippen molar-refractivity contribution >= 4 is 17.9 Å².